The van der Waals surface area contributed by atoms with Crippen molar-refractivity contribution in [2.75, 3.05) is 34.4 Å². The molecule has 0 spiro atoms. The molecule has 0 bridgehead atoms. The molecule has 0 unspecified atom stereocenters. The van der Waals surface area contributed by atoms with E-state index < -0.39 is 9.84 Å². The standard InChI is InChI=1S/C31H39N3O3S2/c35-30(15-10-23-6-4-5-7-23)32-31-34(28-21-39(36,37)22-29(28)38-31)27-13-11-26(12-14-27)33-18-16-25(17-19-33)20-24-8-2-1-3-9-24/h1-3,8-9,11-14,23,25,28-29H,4-7,10,15-22H2/t28-,29-/m1/s1. The van der Waals surface area contributed by atoms with Crippen molar-refractivity contribution >= 4 is 44.0 Å². The number of nitrogens with zero attached hydrogens (tertiary/aromatic N) is 3. The first-order valence-electron chi connectivity index (χ1n) is 14.6. The topological polar surface area (TPSA) is 70.0 Å². The number of amides is 1. The van der Waals surface area contributed by atoms with Gasteiger partial charge in [0.2, 0.25) is 5.91 Å². The normalized spacial score (nSPS) is 26.4. The number of anilines is 2. The predicted octanol–water partition coefficient (Wildman–Crippen LogP) is 5.72. The fraction of sp³-hybridized carbons (Fsp3) is 0.548. The molecule has 1 amide bonds. The molecule has 208 valence electrons. The van der Waals surface area contributed by atoms with Crippen LogP contribution < -0.4 is 9.80 Å². The number of sulfone groups is 1. The van der Waals surface area contributed by atoms with E-state index in [2.05, 4.69) is 64.5 Å². The van der Waals surface area contributed by atoms with Gasteiger partial charge in [0.15, 0.2) is 15.0 Å². The zero-order chi connectivity index (χ0) is 26.8. The maximum absolute atomic E-state index is 12.8. The Balaban J connectivity index is 1.12. The smallest absolute Gasteiger partial charge is 0.248 e. The van der Waals surface area contributed by atoms with E-state index in [1.165, 1.54) is 61.5 Å². The molecule has 8 heteroatoms. The fourth-order valence-corrected chi connectivity index (χ4v) is 10.8. The Kier molecular flexibility index (Phi) is 8.03. The number of benzene rings is 2. The third-order valence-electron chi connectivity index (χ3n) is 9.00. The number of hydrogen-bond acceptors (Lipinski definition) is 5. The molecule has 3 saturated heterocycles. The molecule has 2 atom stereocenters. The zero-order valence-corrected chi connectivity index (χ0v) is 24.2. The summed E-state index contributed by atoms with van der Waals surface area (Å²) >= 11 is 1.47. The van der Waals surface area contributed by atoms with Crippen molar-refractivity contribution in [2.45, 2.75) is 69.1 Å². The van der Waals surface area contributed by atoms with Crippen molar-refractivity contribution in [3.63, 3.8) is 0 Å². The largest absolute Gasteiger partial charge is 0.372 e. The van der Waals surface area contributed by atoms with Crippen molar-refractivity contribution < 1.29 is 13.2 Å². The number of rotatable bonds is 7. The van der Waals surface area contributed by atoms with Crippen molar-refractivity contribution in [1.29, 1.82) is 0 Å². The Morgan fingerprint density at radius 2 is 1.56 bits per heavy atom. The third-order valence-corrected chi connectivity index (χ3v) is 12.2. The number of carbonyl (C=O) groups excluding carboxylic acids is 1. The molecule has 2 aromatic carbocycles. The van der Waals surface area contributed by atoms with Crippen LogP contribution in [0.15, 0.2) is 59.6 Å². The lowest BCUT2D eigenvalue weighted by Crippen LogP contribution is -2.38. The van der Waals surface area contributed by atoms with Crippen LogP contribution in [0.3, 0.4) is 0 Å². The molecule has 3 heterocycles. The van der Waals surface area contributed by atoms with Gasteiger partial charge in [-0.05, 0) is 67.3 Å². The lowest BCUT2D eigenvalue weighted by atomic mass is 9.90. The van der Waals surface area contributed by atoms with Gasteiger partial charge in [0, 0.05) is 36.1 Å². The molecule has 6 rings (SSSR count). The Bertz CT molecular complexity index is 1280. The highest BCUT2D eigenvalue weighted by molar-refractivity contribution is 8.16. The van der Waals surface area contributed by atoms with Gasteiger partial charge in [-0.1, -0.05) is 67.8 Å². The minimum Gasteiger partial charge on any atom is -0.372 e. The molecular weight excluding hydrogens is 526 g/mol. The molecule has 0 radical (unpaired) electrons. The van der Waals surface area contributed by atoms with Crippen LogP contribution in [-0.4, -0.2) is 55.4 Å². The lowest BCUT2D eigenvalue weighted by Gasteiger charge is -2.34. The van der Waals surface area contributed by atoms with Crippen molar-refractivity contribution in [2.24, 2.45) is 16.8 Å². The summed E-state index contributed by atoms with van der Waals surface area (Å²) in [5, 5.41) is 0.602. The number of fused-ring (bicyclic) bond motifs is 1. The molecule has 2 aromatic rings. The van der Waals surface area contributed by atoms with Gasteiger partial charge in [-0.2, -0.15) is 4.99 Å². The molecule has 39 heavy (non-hydrogen) atoms. The Labute approximate surface area is 237 Å². The van der Waals surface area contributed by atoms with Gasteiger partial charge in [0.05, 0.1) is 17.5 Å². The highest BCUT2D eigenvalue weighted by Crippen LogP contribution is 2.41. The summed E-state index contributed by atoms with van der Waals surface area (Å²) < 4.78 is 24.9. The van der Waals surface area contributed by atoms with Crippen LogP contribution in [0.5, 0.6) is 0 Å². The number of hydrogen-bond donors (Lipinski definition) is 0. The highest BCUT2D eigenvalue weighted by atomic mass is 32.2. The summed E-state index contributed by atoms with van der Waals surface area (Å²) in [4.78, 5) is 21.9. The van der Waals surface area contributed by atoms with Crippen molar-refractivity contribution in [3.8, 4) is 0 Å². The van der Waals surface area contributed by atoms with Gasteiger partial charge in [0.1, 0.15) is 0 Å². The first-order valence-corrected chi connectivity index (χ1v) is 17.3. The molecule has 4 aliphatic rings. The van der Waals surface area contributed by atoms with Crippen molar-refractivity contribution in [1.82, 2.24) is 0 Å². The number of amidine groups is 1. The van der Waals surface area contributed by atoms with Crippen LogP contribution in [0.2, 0.25) is 0 Å². The minimum absolute atomic E-state index is 0.0697. The average molecular weight is 566 g/mol. The van der Waals surface area contributed by atoms with Crippen LogP contribution in [0.4, 0.5) is 11.4 Å². The van der Waals surface area contributed by atoms with E-state index in [1.807, 2.05) is 4.90 Å². The van der Waals surface area contributed by atoms with E-state index in [1.54, 1.807) is 0 Å². The molecule has 3 aliphatic heterocycles. The molecule has 0 N–H and O–H groups in total. The Morgan fingerprint density at radius 3 is 2.28 bits per heavy atom. The van der Waals surface area contributed by atoms with E-state index in [4.69, 9.17) is 0 Å². The molecule has 0 aromatic heterocycles. The van der Waals surface area contributed by atoms with Crippen LogP contribution >= 0.6 is 11.8 Å². The van der Waals surface area contributed by atoms with Crippen LogP contribution in [-0.2, 0) is 21.1 Å². The monoisotopic (exact) mass is 565 g/mol. The van der Waals surface area contributed by atoms with E-state index in [0.29, 0.717) is 17.5 Å². The number of piperidine rings is 1. The predicted molar refractivity (Wildman–Crippen MR) is 161 cm³/mol. The number of carbonyl (C=O) groups is 1. The highest BCUT2D eigenvalue weighted by Gasteiger charge is 2.49. The lowest BCUT2D eigenvalue weighted by molar-refractivity contribution is -0.118. The number of thioether (sulfide) groups is 1. The quantitative estimate of drug-likeness (QED) is 0.428. The summed E-state index contributed by atoms with van der Waals surface area (Å²) in [7, 11) is -3.08. The molecule has 6 nitrogen and oxygen atoms in total. The second kappa shape index (κ2) is 11.7. The second-order valence-corrected chi connectivity index (χ2v) is 15.1. The summed E-state index contributed by atoms with van der Waals surface area (Å²) in [6.07, 6.45) is 9.91. The van der Waals surface area contributed by atoms with Gasteiger partial charge in [-0.3, -0.25) is 4.79 Å². The van der Waals surface area contributed by atoms with E-state index >= 15 is 0 Å². The van der Waals surface area contributed by atoms with Crippen LogP contribution in [0, 0.1) is 11.8 Å². The van der Waals surface area contributed by atoms with Gasteiger partial charge in [0.25, 0.3) is 0 Å². The average Bonchev–Trinajstić information content (AvgIpc) is 3.63. The fourth-order valence-electron chi connectivity index (χ4n) is 6.82. The summed E-state index contributed by atoms with van der Waals surface area (Å²) in [6.45, 7) is 2.09. The summed E-state index contributed by atoms with van der Waals surface area (Å²) in [6, 6.07) is 19.1. The summed E-state index contributed by atoms with van der Waals surface area (Å²) in [5.41, 5.74) is 3.55. The third kappa shape index (κ3) is 6.37. The molecule has 1 aliphatic carbocycles. The minimum atomic E-state index is -3.08. The van der Waals surface area contributed by atoms with Crippen LogP contribution in [0.1, 0.15) is 56.9 Å². The second-order valence-electron chi connectivity index (χ2n) is 11.8. The van der Waals surface area contributed by atoms with E-state index in [9.17, 15) is 13.2 Å². The zero-order valence-electron chi connectivity index (χ0n) is 22.6. The van der Waals surface area contributed by atoms with Crippen LogP contribution in [0.25, 0.3) is 0 Å². The molecule has 1 saturated carbocycles. The van der Waals surface area contributed by atoms with Gasteiger partial charge < -0.3 is 9.80 Å². The first-order chi connectivity index (χ1) is 18.9. The van der Waals surface area contributed by atoms with Gasteiger partial charge in [-0.25, -0.2) is 8.42 Å². The van der Waals surface area contributed by atoms with Gasteiger partial charge >= 0.3 is 0 Å². The van der Waals surface area contributed by atoms with Gasteiger partial charge in [-0.15, -0.1) is 0 Å². The van der Waals surface area contributed by atoms with E-state index in [-0.39, 0.29) is 28.7 Å². The maximum atomic E-state index is 12.8. The first kappa shape index (κ1) is 26.9. The van der Waals surface area contributed by atoms with E-state index in [0.717, 1.165) is 37.5 Å². The maximum Gasteiger partial charge on any atom is 0.248 e. The number of aliphatic imine (C=N–C) groups is 1. The Morgan fingerprint density at radius 1 is 0.872 bits per heavy atom. The van der Waals surface area contributed by atoms with Crippen molar-refractivity contribution in [3.05, 3.63) is 60.2 Å². The summed E-state index contributed by atoms with van der Waals surface area (Å²) in [5.74, 6) is 1.57. The molecule has 4 fully saturated rings. The Hall–Kier alpha value is -2.32. The SMILES string of the molecule is O=C(CCC1CCCC1)N=C1S[C@@H]2CS(=O)(=O)C[C@H]2N1c1ccc(N2CCC(Cc3ccccc3)CC2)cc1. The molecular formula is C31H39N3O3S2.